The Hall–Kier alpha value is -1.04. The number of aromatic nitrogens is 1. The van der Waals surface area contributed by atoms with Crippen LogP contribution in [0, 0.1) is 6.92 Å². The summed E-state index contributed by atoms with van der Waals surface area (Å²) >= 11 is 3.33. The lowest BCUT2D eigenvalue weighted by atomic mass is 10.2. The first-order valence-corrected chi connectivity index (χ1v) is 4.98. The molecule has 2 rings (SSSR count). The standard InChI is InChI=1S/C8H9BrN2O3/c1-4-5(9)6(14-11-4)8(2-3-8)10-7(12)13/h10H,2-3H2,1H3,(H,12,13). The lowest BCUT2D eigenvalue weighted by molar-refractivity contribution is 0.184. The summed E-state index contributed by atoms with van der Waals surface area (Å²) in [6, 6.07) is 0. The van der Waals surface area contributed by atoms with Crippen LogP contribution < -0.4 is 5.32 Å². The SMILES string of the molecule is Cc1noc(C2(NC(=O)O)CC2)c1Br. The lowest BCUT2D eigenvalue weighted by Gasteiger charge is -2.11. The second-order valence-corrected chi connectivity index (χ2v) is 4.22. The van der Waals surface area contributed by atoms with Crippen LogP contribution >= 0.6 is 15.9 Å². The van der Waals surface area contributed by atoms with Crippen molar-refractivity contribution in [3.05, 3.63) is 15.9 Å². The van der Waals surface area contributed by atoms with Gasteiger partial charge in [-0.05, 0) is 35.7 Å². The van der Waals surface area contributed by atoms with Crippen LogP contribution in [-0.4, -0.2) is 16.4 Å². The van der Waals surface area contributed by atoms with Gasteiger partial charge in [0.2, 0.25) is 0 Å². The molecule has 0 radical (unpaired) electrons. The van der Waals surface area contributed by atoms with Crippen molar-refractivity contribution in [2.45, 2.75) is 25.3 Å². The lowest BCUT2D eigenvalue weighted by Crippen LogP contribution is -2.33. The van der Waals surface area contributed by atoms with Gasteiger partial charge in [0.05, 0.1) is 10.2 Å². The molecule has 5 nitrogen and oxygen atoms in total. The van der Waals surface area contributed by atoms with E-state index >= 15 is 0 Å². The van der Waals surface area contributed by atoms with Crippen LogP contribution in [-0.2, 0) is 5.54 Å². The number of halogens is 1. The van der Waals surface area contributed by atoms with Crippen molar-refractivity contribution >= 4 is 22.0 Å². The average molecular weight is 261 g/mol. The quantitative estimate of drug-likeness (QED) is 0.853. The Labute approximate surface area is 88.6 Å². The van der Waals surface area contributed by atoms with E-state index in [2.05, 4.69) is 26.4 Å². The third-order valence-electron chi connectivity index (χ3n) is 2.32. The Morgan fingerprint density at radius 2 is 2.36 bits per heavy atom. The summed E-state index contributed by atoms with van der Waals surface area (Å²) in [6.07, 6.45) is 0.474. The molecule has 76 valence electrons. The number of rotatable bonds is 2. The van der Waals surface area contributed by atoms with Gasteiger partial charge < -0.3 is 14.9 Å². The van der Waals surface area contributed by atoms with Crippen molar-refractivity contribution < 1.29 is 14.4 Å². The van der Waals surface area contributed by atoms with E-state index < -0.39 is 11.6 Å². The van der Waals surface area contributed by atoms with E-state index in [0.29, 0.717) is 5.76 Å². The van der Waals surface area contributed by atoms with Crippen molar-refractivity contribution in [3.8, 4) is 0 Å². The summed E-state index contributed by atoms with van der Waals surface area (Å²) in [6.45, 7) is 1.80. The summed E-state index contributed by atoms with van der Waals surface area (Å²) in [4.78, 5) is 10.6. The number of nitrogens with one attached hydrogen (secondary N) is 1. The zero-order valence-corrected chi connectivity index (χ0v) is 9.09. The van der Waals surface area contributed by atoms with Crippen molar-refractivity contribution in [2.75, 3.05) is 0 Å². The van der Waals surface area contributed by atoms with Gasteiger partial charge in [0.25, 0.3) is 0 Å². The van der Waals surface area contributed by atoms with Crippen LogP contribution in [0.4, 0.5) is 4.79 Å². The first-order chi connectivity index (χ1) is 6.55. The van der Waals surface area contributed by atoms with E-state index in [4.69, 9.17) is 9.63 Å². The highest BCUT2D eigenvalue weighted by atomic mass is 79.9. The van der Waals surface area contributed by atoms with E-state index in [0.717, 1.165) is 23.0 Å². The second-order valence-electron chi connectivity index (χ2n) is 3.42. The molecule has 0 saturated heterocycles. The maximum Gasteiger partial charge on any atom is 0.405 e. The van der Waals surface area contributed by atoms with E-state index in [1.807, 2.05) is 0 Å². The summed E-state index contributed by atoms with van der Waals surface area (Å²) < 4.78 is 5.85. The van der Waals surface area contributed by atoms with Crippen LogP contribution in [0.1, 0.15) is 24.3 Å². The number of hydrogen-bond donors (Lipinski definition) is 2. The molecular weight excluding hydrogens is 252 g/mol. The van der Waals surface area contributed by atoms with Gasteiger partial charge in [0, 0.05) is 0 Å². The van der Waals surface area contributed by atoms with Gasteiger partial charge in [-0.15, -0.1) is 0 Å². The van der Waals surface area contributed by atoms with Crippen molar-refractivity contribution in [2.24, 2.45) is 0 Å². The summed E-state index contributed by atoms with van der Waals surface area (Å²) in [5, 5.41) is 14.9. The maximum atomic E-state index is 10.6. The molecule has 0 unspecified atom stereocenters. The summed E-state index contributed by atoms with van der Waals surface area (Å²) in [5.41, 5.74) is 0.185. The smallest absolute Gasteiger partial charge is 0.405 e. The topological polar surface area (TPSA) is 75.4 Å². The molecule has 1 fully saturated rings. The fraction of sp³-hybridized carbons (Fsp3) is 0.500. The molecule has 1 aromatic heterocycles. The highest BCUT2D eigenvalue weighted by molar-refractivity contribution is 9.10. The maximum absolute atomic E-state index is 10.6. The first kappa shape index (κ1) is 9.51. The van der Waals surface area contributed by atoms with Gasteiger partial charge in [-0.25, -0.2) is 4.79 Å². The van der Waals surface area contributed by atoms with E-state index in [1.54, 1.807) is 6.92 Å². The number of amides is 1. The predicted octanol–water partition coefficient (Wildman–Crippen LogP) is 2.00. The van der Waals surface area contributed by atoms with Crippen LogP contribution in [0.5, 0.6) is 0 Å². The molecule has 1 aromatic rings. The van der Waals surface area contributed by atoms with Gasteiger partial charge >= 0.3 is 6.09 Å². The highest BCUT2D eigenvalue weighted by Crippen LogP contribution is 2.48. The average Bonchev–Trinajstić information content (AvgIpc) is 2.76. The number of carboxylic acid groups (broad SMARTS) is 1. The molecule has 0 aliphatic heterocycles. The van der Waals surface area contributed by atoms with Crippen molar-refractivity contribution in [1.82, 2.24) is 10.5 Å². The number of carbonyl (C=O) groups is 1. The van der Waals surface area contributed by atoms with Crippen LogP contribution in [0.25, 0.3) is 0 Å². The Morgan fingerprint density at radius 3 is 2.71 bits per heavy atom. The van der Waals surface area contributed by atoms with Crippen molar-refractivity contribution in [1.29, 1.82) is 0 Å². The Kier molecular flexibility index (Phi) is 2.02. The molecule has 0 aromatic carbocycles. The molecule has 1 saturated carbocycles. The van der Waals surface area contributed by atoms with Gasteiger partial charge in [-0.3, -0.25) is 0 Å². The van der Waals surface area contributed by atoms with E-state index in [-0.39, 0.29) is 0 Å². The van der Waals surface area contributed by atoms with Crippen molar-refractivity contribution in [3.63, 3.8) is 0 Å². The number of hydrogen-bond acceptors (Lipinski definition) is 3. The zero-order valence-electron chi connectivity index (χ0n) is 7.50. The Morgan fingerprint density at radius 1 is 1.71 bits per heavy atom. The molecular formula is C8H9BrN2O3. The van der Waals surface area contributed by atoms with E-state index in [1.165, 1.54) is 0 Å². The molecule has 1 aliphatic rings. The minimum atomic E-state index is -1.04. The molecule has 1 aliphatic carbocycles. The summed E-state index contributed by atoms with van der Waals surface area (Å²) in [7, 11) is 0. The molecule has 0 atom stereocenters. The number of aryl methyl sites for hydroxylation is 1. The Balaban J connectivity index is 2.30. The minimum absolute atomic E-state index is 0.550. The third kappa shape index (κ3) is 1.39. The first-order valence-electron chi connectivity index (χ1n) is 4.18. The summed E-state index contributed by atoms with van der Waals surface area (Å²) in [5.74, 6) is 0.581. The molecule has 0 spiro atoms. The van der Waals surface area contributed by atoms with Gasteiger partial charge in [-0.1, -0.05) is 5.16 Å². The van der Waals surface area contributed by atoms with Gasteiger partial charge in [-0.2, -0.15) is 0 Å². The fourth-order valence-corrected chi connectivity index (χ4v) is 1.92. The normalized spacial score (nSPS) is 17.9. The predicted molar refractivity (Wildman–Crippen MR) is 51.0 cm³/mol. The zero-order chi connectivity index (χ0) is 10.3. The minimum Gasteiger partial charge on any atom is -0.465 e. The molecule has 0 bridgehead atoms. The molecule has 6 heteroatoms. The monoisotopic (exact) mass is 260 g/mol. The van der Waals surface area contributed by atoms with E-state index in [9.17, 15) is 4.79 Å². The molecule has 2 N–H and O–H groups in total. The fourth-order valence-electron chi connectivity index (χ4n) is 1.39. The number of nitrogens with zero attached hydrogens (tertiary/aromatic N) is 1. The highest BCUT2D eigenvalue weighted by Gasteiger charge is 2.51. The largest absolute Gasteiger partial charge is 0.465 e. The van der Waals surface area contributed by atoms with Crippen LogP contribution in [0.15, 0.2) is 9.00 Å². The van der Waals surface area contributed by atoms with Crippen LogP contribution in [0.3, 0.4) is 0 Å². The molecule has 1 heterocycles. The van der Waals surface area contributed by atoms with Gasteiger partial charge in [0.15, 0.2) is 5.76 Å². The second kappa shape index (κ2) is 2.98. The molecule has 14 heavy (non-hydrogen) atoms. The molecule has 1 amide bonds. The van der Waals surface area contributed by atoms with Crippen LogP contribution in [0.2, 0.25) is 0 Å². The van der Waals surface area contributed by atoms with Gasteiger partial charge in [0.1, 0.15) is 5.54 Å². The third-order valence-corrected chi connectivity index (χ3v) is 3.26. The Bertz CT molecular complexity index is 384.